The van der Waals surface area contributed by atoms with Crippen LogP contribution in [-0.2, 0) is 13.5 Å². The van der Waals surface area contributed by atoms with Gasteiger partial charge in [-0.05, 0) is 30.4 Å². The van der Waals surface area contributed by atoms with Crippen molar-refractivity contribution in [1.82, 2.24) is 14.9 Å². The van der Waals surface area contributed by atoms with Gasteiger partial charge in [-0.25, -0.2) is 4.98 Å². The molecule has 2 atom stereocenters. The van der Waals surface area contributed by atoms with Crippen LogP contribution in [0.4, 0.5) is 0 Å². The van der Waals surface area contributed by atoms with Crippen molar-refractivity contribution in [3.63, 3.8) is 0 Å². The van der Waals surface area contributed by atoms with Crippen LogP contribution < -0.4 is 5.32 Å². The molecule has 3 nitrogen and oxygen atoms in total. The first-order valence-corrected chi connectivity index (χ1v) is 7.24. The lowest BCUT2D eigenvalue weighted by Gasteiger charge is -2.23. The largest absolute Gasteiger partial charge is 0.338 e. The number of aryl methyl sites for hydroxylation is 1. The molecule has 16 heavy (non-hydrogen) atoms. The summed E-state index contributed by atoms with van der Waals surface area (Å²) in [6.07, 6.45) is 6.33. The second-order valence-electron chi connectivity index (χ2n) is 4.45. The van der Waals surface area contributed by atoms with Gasteiger partial charge in [-0.2, -0.15) is 11.8 Å². The van der Waals surface area contributed by atoms with Gasteiger partial charge in [0.15, 0.2) is 0 Å². The summed E-state index contributed by atoms with van der Waals surface area (Å²) in [5.41, 5.74) is 0. The van der Waals surface area contributed by atoms with Crippen molar-refractivity contribution in [1.29, 1.82) is 0 Å². The van der Waals surface area contributed by atoms with Crippen molar-refractivity contribution in [3.05, 3.63) is 18.2 Å². The van der Waals surface area contributed by atoms with E-state index >= 15 is 0 Å². The van der Waals surface area contributed by atoms with E-state index in [9.17, 15) is 0 Å². The molecule has 0 radical (unpaired) electrons. The fourth-order valence-electron chi connectivity index (χ4n) is 2.33. The van der Waals surface area contributed by atoms with Gasteiger partial charge in [-0.3, -0.25) is 0 Å². The van der Waals surface area contributed by atoms with Gasteiger partial charge in [0.1, 0.15) is 5.82 Å². The van der Waals surface area contributed by atoms with E-state index in [0.717, 1.165) is 18.9 Å². The molecule has 1 aromatic heterocycles. The molecule has 4 heteroatoms. The topological polar surface area (TPSA) is 29.9 Å². The van der Waals surface area contributed by atoms with E-state index < -0.39 is 0 Å². The normalized spacial score (nSPS) is 22.5. The average molecular weight is 239 g/mol. The number of likely N-dealkylation sites (N-methyl/N-ethyl adjacent to an activating group) is 1. The van der Waals surface area contributed by atoms with E-state index in [4.69, 9.17) is 0 Å². The Balaban J connectivity index is 1.99. The zero-order valence-electron chi connectivity index (χ0n) is 10.1. The summed E-state index contributed by atoms with van der Waals surface area (Å²) >= 11 is 2.09. The number of imidazole rings is 1. The van der Waals surface area contributed by atoms with E-state index in [2.05, 4.69) is 40.6 Å². The lowest BCUT2D eigenvalue weighted by Crippen LogP contribution is -2.38. The van der Waals surface area contributed by atoms with Gasteiger partial charge in [-0.15, -0.1) is 0 Å². The predicted octanol–water partition coefficient (Wildman–Crippen LogP) is 1.69. The fraction of sp³-hybridized carbons (Fsp3) is 0.750. The van der Waals surface area contributed by atoms with Crippen LogP contribution in [0.2, 0.25) is 0 Å². The molecule has 0 bridgehead atoms. The third-order valence-corrected chi connectivity index (χ3v) is 4.51. The maximum absolute atomic E-state index is 4.43. The van der Waals surface area contributed by atoms with Crippen molar-refractivity contribution < 1.29 is 0 Å². The van der Waals surface area contributed by atoms with Gasteiger partial charge in [-0.1, -0.05) is 6.92 Å². The monoisotopic (exact) mass is 239 g/mol. The minimum Gasteiger partial charge on any atom is -0.338 e. The fourth-order valence-corrected chi connectivity index (χ4v) is 3.67. The Hall–Kier alpha value is -0.480. The zero-order valence-corrected chi connectivity index (χ0v) is 11.0. The van der Waals surface area contributed by atoms with Gasteiger partial charge >= 0.3 is 0 Å². The molecule has 2 unspecified atom stereocenters. The SMILES string of the molecule is CCNC(Cc1nccn1C)C1CCSC1. The van der Waals surface area contributed by atoms with Crippen molar-refractivity contribution in [3.8, 4) is 0 Å². The number of nitrogens with one attached hydrogen (secondary N) is 1. The van der Waals surface area contributed by atoms with Crippen molar-refractivity contribution >= 4 is 11.8 Å². The summed E-state index contributed by atoms with van der Waals surface area (Å²) in [6.45, 7) is 3.24. The number of aromatic nitrogens is 2. The lowest BCUT2D eigenvalue weighted by molar-refractivity contribution is 0.379. The zero-order chi connectivity index (χ0) is 11.4. The molecule has 2 rings (SSSR count). The molecular weight excluding hydrogens is 218 g/mol. The number of nitrogens with zero attached hydrogens (tertiary/aromatic N) is 2. The van der Waals surface area contributed by atoms with Gasteiger partial charge in [0.2, 0.25) is 0 Å². The summed E-state index contributed by atoms with van der Waals surface area (Å²) in [6, 6.07) is 0.598. The highest BCUT2D eigenvalue weighted by atomic mass is 32.2. The Morgan fingerprint density at radius 3 is 3.12 bits per heavy atom. The Bertz CT molecular complexity index is 318. The molecule has 1 saturated heterocycles. The van der Waals surface area contributed by atoms with E-state index in [-0.39, 0.29) is 0 Å². The van der Waals surface area contributed by atoms with E-state index in [1.807, 2.05) is 12.4 Å². The smallest absolute Gasteiger partial charge is 0.109 e. The highest BCUT2D eigenvalue weighted by molar-refractivity contribution is 7.99. The molecular formula is C12H21N3S. The summed E-state index contributed by atoms with van der Waals surface area (Å²) < 4.78 is 2.13. The Kier molecular flexibility index (Phi) is 4.29. The summed E-state index contributed by atoms with van der Waals surface area (Å²) in [5, 5.41) is 3.62. The Labute approximate surface area is 102 Å². The van der Waals surface area contributed by atoms with Gasteiger partial charge in [0, 0.05) is 31.9 Å². The number of hydrogen-bond donors (Lipinski definition) is 1. The minimum absolute atomic E-state index is 0.598. The van der Waals surface area contributed by atoms with Crippen LogP contribution in [0.3, 0.4) is 0 Å². The molecule has 1 N–H and O–H groups in total. The van der Waals surface area contributed by atoms with Crippen LogP contribution in [0.5, 0.6) is 0 Å². The van der Waals surface area contributed by atoms with Gasteiger partial charge in [0.25, 0.3) is 0 Å². The number of thioether (sulfide) groups is 1. The molecule has 1 aliphatic rings. The van der Waals surface area contributed by atoms with Crippen LogP contribution in [-0.4, -0.2) is 33.6 Å². The van der Waals surface area contributed by atoms with Gasteiger partial charge < -0.3 is 9.88 Å². The summed E-state index contributed by atoms with van der Waals surface area (Å²) in [4.78, 5) is 4.43. The van der Waals surface area contributed by atoms with Gasteiger partial charge in [0.05, 0.1) is 0 Å². The minimum atomic E-state index is 0.598. The molecule has 0 spiro atoms. The van der Waals surface area contributed by atoms with Crippen LogP contribution in [0.15, 0.2) is 12.4 Å². The number of hydrogen-bond acceptors (Lipinski definition) is 3. The third kappa shape index (κ3) is 2.80. The molecule has 1 aromatic rings. The summed E-state index contributed by atoms with van der Waals surface area (Å²) in [7, 11) is 2.08. The number of rotatable bonds is 5. The molecule has 90 valence electrons. The second-order valence-corrected chi connectivity index (χ2v) is 5.60. The highest BCUT2D eigenvalue weighted by Gasteiger charge is 2.25. The molecule has 0 amide bonds. The predicted molar refractivity (Wildman–Crippen MR) is 69.8 cm³/mol. The molecule has 2 heterocycles. The molecule has 0 aliphatic carbocycles. The van der Waals surface area contributed by atoms with Crippen LogP contribution in [0.1, 0.15) is 19.2 Å². The highest BCUT2D eigenvalue weighted by Crippen LogP contribution is 2.27. The molecule has 1 fully saturated rings. The maximum Gasteiger partial charge on any atom is 0.109 e. The van der Waals surface area contributed by atoms with Crippen molar-refractivity contribution in [2.45, 2.75) is 25.8 Å². The standard InChI is InChI=1S/C12H21N3S/c1-3-13-11(10-4-7-16-9-10)8-12-14-5-6-15(12)2/h5-6,10-11,13H,3-4,7-9H2,1-2H3. The van der Waals surface area contributed by atoms with E-state index in [1.165, 1.54) is 23.8 Å². The average Bonchev–Trinajstić information content (AvgIpc) is 2.90. The second kappa shape index (κ2) is 5.73. The first kappa shape index (κ1) is 12.0. The molecule has 0 aromatic carbocycles. The molecule has 1 aliphatic heterocycles. The quantitative estimate of drug-likeness (QED) is 0.848. The van der Waals surface area contributed by atoms with Crippen LogP contribution in [0, 0.1) is 5.92 Å². The first-order valence-electron chi connectivity index (χ1n) is 6.08. The Morgan fingerprint density at radius 1 is 1.69 bits per heavy atom. The maximum atomic E-state index is 4.43. The summed E-state index contributed by atoms with van der Waals surface area (Å²) in [5.74, 6) is 4.65. The Morgan fingerprint density at radius 2 is 2.56 bits per heavy atom. The lowest BCUT2D eigenvalue weighted by atomic mass is 9.96. The van der Waals surface area contributed by atoms with Crippen molar-refractivity contribution in [2.24, 2.45) is 13.0 Å². The first-order chi connectivity index (χ1) is 7.81. The molecule has 0 saturated carbocycles. The third-order valence-electron chi connectivity index (χ3n) is 3.32. The van der Waals surface area contributed by atoms with E-state index in [0.29, 0.717) is 6.04 Å². The van der Waals surface area contributed by atoms with Crippen LogP contribution in [0.25, 0.3) is 0 Å². The van der Waals surface area contributed by atoms with Crippen LogP contribution >= 0.6 is 11.8 Å². The van der Waals surface area contributed by atoms with E-state index in [1.54, 1.807) is 0 Å². The van der Waals surface area contributed by atoms with Crippen molar-refractivity contribution in [2.75, 3.05) is 18.1 Å².